The lowest BCUT2D eigenvalue weighted by molar-refractivity contribution is 0.288. The summed E-state index contributed by atoms with van der Waals surface area (Å²) in [6.07, 6.45) is 2.09. The van der Waals surface area contributed by atoms with Gasteiger partial charge in [-0.1, -0.05) is 13.5 Å². The molecule has 0 fully saturated rings. The number of benzene rings is 1. The molecule has 0 aliphatic carbocycles. The van der Waals surface area contributed by atoms with E-state index in [2.05, 4.69) is 30.5 Å². The molecule has 1 aromatic carbocycles. The van der Waals surface area contributed by atoms with Crippen molar-refractivity contribution in [2.24, 2.45) is 4.99 Å². The monoisotopic (exact) mass is 290 g/mol. The number of nitrogens with zero attached hydrogens (tertiary/aromatic N) is 1. The second-order valence-electron chi connectivity index (χ2n) is 4.91. The molecule has 116 valence electrons. The first-order chi connectivity index (χ1) is 10.1. The highest BCUT2D eigenvalue weighted by Gasteiger charge is 2.11. The van der Waals surface area contributed by atoms with Crippen LogP contribution >= 0.6 is 0 Å². The summed E-state index contributed by atoms with van der Waals surface area (Å²) in [7, 11) is 1.63. The Hall–Kier alpha value is -1.81. The lowest BCUT2D eigenvalue weighted by atomic mass is 10.1. The van der Waals surface area contributed by atoms with Gasteiger partial charge in [0.1, 0.15) is 0 Å². The SMILES string of the molecule is C=Nc1cc(OCCCNCCC)c(OC)cc1C(=C)C. The maximum absolute atomic E-state index is 5.80. The summed E-state index contributed by atoms with van der Waals surface area (Å²) in [4.78, 5) is 4.04. The van der Waals surface area contributed by atoms with E-state index in [1.807, 2.05) is 19.1 Å². The molecule has 0 saturated carbocycles. The minimum absolute atomic E-state index is 0.635. The molecule has 1 N–H and O–H groups in total. The van der Waals surface area contributed by atoms with E-state index in [4.69, 9.17) is 9.47 Å². The van der Waals surface area contributed by atoms with Crippen molar-refractivity contribution in [3.63, 3.8) is 0 Å². The Bertz CT molecular complexity index is 484. The maximum atomic E-state index is 5.80. The molecule has 0 saturated heterocycles. The minimum atomic E-state index is 0.635. The molecule has 0 amide bonds. The van der Waals surface area contributed by atoms with E-state index in [9.17, 15) is 0 Å². The highest BCUT2D eigenvalue weighted by Crippen LogP contribution is 2.37. The zero-order valence-electron chi connectivity index (χ0n) is 13.4. The first-order valence-electron chi connectivity index (χ1n) is 7.32. The number of hydrogen-bond donors (Lipinski definition) is 1. The number of methoxy groups -OCH3 is 1. The number of hydrogen-bond acceptors (Lipinski definition) is 4. The van der Waals surface area contributed by atoms with Crippen LogP contribution in [-0.4, -0.2) is 33.5 Å². The lowest BCUT2D eigenvalue weighted by Crippen LogP contribution is -2.18. The first-order valence-corrected chi connectivity index (χ1v) is 7.32. The van der Waals surface area contributed by atoms with E-state index in [-0.39, 0.29) is 0 Å². The van der Waals surface area contributed by atoms with E-state index in [0.717, 1.165) is 42.8 Å². The third kappa shape index (κ3) is 5.23. The maximum Gasteiger partial charge on any atom is 0.163 e. The summed E-state index contributed by atoms with van der Waals surface area (Å²) < 4.78 is 11.2. The largest absolute Gasteiger partial charge is 0.493 e. The summed E-state index contributed by atoms with van der Waals surface area (Å²) in [6, 6.07) is 3.76. The standard InChI is InChI=1S/C17H26N2O2/c1-6-8-19-9-7-10-21-17-12-15(18-4)14(13(2)3)11-16(17)20-5/h11-12,19H,2,4,6-10H2,1,3,5H3. The van der Waals surface area contributed by atoms with E-state index < -0.39 is 0 Å². The molecule has 0 unspecified atom stereocenters. The molecule has 21 heavy (non-hydrogen) atoms. The van der Waals surface area contributed by atoms with Crippen molar-refractivity contribution in [3.8, 4) is 11.5 Å². The van der Waals surface area contributed by atoms with Crippen LogP contribution in [-0.2, 0) is 0 Å². The van der Waals surface area contributed by atoms with Crippen molar-refractivity contribution < 1.29 is 9.47 Å². The van der Waals surface area contributed by atoms with Gasteiger partial charge in [-0.25, -0.2) is 0 Å². The topological polar surface area (TPSA) is 42.8 Å². The molecular formula is C17H26N2O2. The average Bonchev–Trinajstić information content (AvgIpc) is 2.49. The van der Waals surface area contributed by atoms with Crippen LogP contribution in [0.4, 0.5) is 5.69 Å². The van der Waals surface area contributed by atoms with Crippen molar-refractivity contribution >= 4 is 18.0 Å². The molecule has 4 nitrogen and oxygen atoms in total. The fourth-order valence-corrected chi connectivity index (χ4v) is 1.98. The number of ether oxygens (including phenoxy) is 2. The molecule has 1 aromatic rings. The van der Waals surface area contributed by atoms with Gasteiger partial charge in [0, 0.05) is 11.6 Å². The molecule has 0 aliphatic heterocycles. The van der Waals surface area contributed by atoms with Gasteiger partial charge < -0.3 is 14.8 Å². The third-order valence-corrected chi connectivity index (χ3v) is 3.09. The van der Waals surface area contributed by atoms with Crippen LogP contribution in [0, 0.1) is 0 Å². The lowest BCUT2D eigenvalue weighted by Gasteiger charge is -2.14. The van der Waals surface area contributed by atoms with Crippen molar-refractivity contribution in [1.82, 2.24) is 5.32 Å². The second kappa shape index (κ2) is 9.19. The molecule has 1 rings (SSSR count). The predicted molar refractivity (Wildman–Crippen MR) is 90.2 cm³/mol. The average molecular weight is 290 g/mol. The van der Waals surface area contributed by atoms with Crippen LogP contribution in [0.25, 0.3) is 5.57 Å². The van der Waals surface area contributed by atoms with E-state index >= 15 is 0 Å². The summed E-state index contributed by atoms with van der Waals surface area (Å²) in [6.45, 7) is 14.3. The Morgan fingerprint density at radius 2 is 2.05 bits per heavy atom. The van der Waals surface area contributed by atoms with E-state index in [1.54, 1.807) is 7.11 Å². The van der Waals surface area contributed by atoms with Crippen molar-refractivity contribution in [3.05, 3.63) is 24.3 Å². The summed E-state index contributed by atoms with van der Waals surface area (Å²) in [5.41, 5.74) is 2.62. The van der Waals surface area contributed by atoms with Gasteiger partial charge in [0.05, 0.1) is 19.4 Å². The zero-order valence-corrected chi connectivity index (χ0v) is 13.4. The smallest absolute Gasteiger partial charge is 0.163 e. The predicted octanol–water partition coefficient (Wildman–Crippen LogP) is 3.83. The van der Waals surface area contributed by atoms with Crippen LogP contribution in [0.15, 0.2) is 23.7 Å². The molecule has 0 heterocycles. The molecule has 0 aliphatic rings. The number of nitrogens with one attached hydrogen (secondary N) is 1. The van der Waals surface area contributed by atoms with Gasteiger partial charge >= 0.3 is 0 Å². The first kappa shape index (κ1) is 17.2. The molecular weight excluding hydrogens is 264 g/mol. The van der Waals surface area contributed by atoms with Crippen LogP contribution in [0.5, 0.6) is 11.5 Å². The number of allylic oxidation sites excluding steroid dienone is 1. The Labute approximate surface area is 127 Å². The Balaban J connectivity index is 2.72. The highest BCUT2D eigenvalue weighted by atomic mass is 16.5. The fraction of sp³-hybridized carbons (Fsp3) is 0.471. The quantitative estimate of drug-likeness (QED) is 0.526. The molecule has 0 bridgehead atoms. The molecule has 4 heteroatoms. The Kier molecular flexibility index (Phi) is 7.54. The van der Waals surface area contributed by atoms with Crippen LogP contribution in [0.3, 0.4) is 0 Å². The van der Waals surface area contributed by atoms with E-state index in [1.165, 1.54) is 0 Å². The summed E-state index contributed by atoms with van der Waals surface area (Å²) in [5.74, 6) is 1.39. The summed E-state index contributed by atoms with van der Waals surface area (Å²) >= 11 is 0. The van der Waals surface area contributed by atoms with E-state index in [0.29, 0.717) is 18.1 Å². The summed E-state index contributed by atoms with van der Waals surface area (Å²) in [5, 5.41) is 3.35. The van der Waals surface area contributed by atoms with Gasteiger partial charge in [-0.2, -0.15) is 0 Å². The molecule has 0 spiro atoms. The molecule has 0 atom stereocenters. The van der Waals surface area contributed by atoms with Gasteiger partial charge in [0.15, 0.2) is 11.5 Å². The van der Waals surface area contributed by atoms with Crippen LogP contribution in [0.2, 0.25) is 0 Å². The van der Waals surface area contributed by atoms with Crippen molar-refractivity contribution in [2.75, 3.05) is 26.8 Å². The highest BCUT2D eigenvalue weighted by molar-refractivity contribution is 5.76. The van der Waals surface area contributed by atoms with Gasteiger partial charge in [-0.3, -0.25) is 4.99 Å². The van der Waals surface area contributed by atoms with Gasteiger partial charge in [-0.15, -0.1) is 0 Å². The minimum Gasteiger partial charge on any atom is -0.493 e. The van der Waals surface area contributed by atoms with Crippen molar-refractivity contribution in [1.29, 1.82) is 0 Å². The van der Waals surface area contributed by atoms with Gasteiger partial charge in [-0.05, 0) is 51.2 Å². The van der Waals surface area contributed by atoms with Gasteiger partial charge in [0.2, 0.25) is 0 Å². The zero-order chi connectivity index (χ0) is 15.7. The van der Waals surface area contributed by atoms with Crippen LogP contribution < -0.4 is 14.8 Å². The Morgan fingerprint density at radius 1 is 1.29 bits per heavy atom. The number of aliphatic imine (C=N–C) groups is 1. The van der Waals surface area contributed by atoms with Gasteiger partial charge in [0.25, 0.3) is 0 Å². The fourth-order valence-electron chi connectivity index (χ4n) is 1.98. The third-order valence-electron chi connectivity index (χ3n) is 3.09. The second-order valence-corrected chi connectivity index (χ2v) is 4.91. The molecule has 0 aromatic heterocycles. The van der Waals surface area contributed by atoms with Crippen LogP contribution in [0.1, 0.15) is 32.3 Å². The normalized spacial score (nSPS) is 10.2. The van der Waals surface area contributed by atoms with Crippen molar-refractivity contribution in [2.45, 2.75) is 26.7 Å². The molecule has 0 radical (unpaired) electrons. The Morgan fingerprint density at radius 3 is 2.62 bits per heavy atom. The number of rotatable bonds is 10.